The molecule has 21 heavy (non-hydrogen) atoms. The zero-order chi connectivity index (χ0) is 14.8. The van der Waals surface area contributed by atoms with E-state index in [1.165, 1.54) is 5.56 Å². The van der Waals surface area contributed by atoms with Gasteiger partial charge in [-0.25, -0.2) is 0 Å². The first kappa shape index (κ1) is 13.4. The topological polar surface area (TPSA) is 22.0 Å². The number of carbonyl (C=O) groups excluding carboxylic acids is 1. The number of benzene rings is 2. The number of carbonyl (C=O) groups is 1. The van der Waals surface area contributed by atoms with Crippen molar-refractivity contribution in [1.82, 2.24) is 4.57 Å². The molecule has 0 N–H and O–H groups in total. The summed E-state index contributed by atoms with van der Waals surface area (Å²) in [5.41, 5.74) is 6.16. The van der Waals surface area contributed by atoms with Crippen LogP contribution in [0.5, 0.6) is 0 Å². The Morgan fingerprint density at radius 2 is 1.57 bits per heavy atom. The van der Waals surface area contributed by atoms with Crippen LogP contribution in [-0.4, -0.2) is 10.9 Å². The van der Waals surface area contributed by atoms with E-state index in [-0.39, 0.29) is 0 Å². The Hall–Kier alpha value is -2.61. The highest BCUT2D eigenvalue weighted by Gasteiger charge is 2.15. The van der Waals surface area contributed by atoms with E-state index in [9.17, 15) is 4.79 Å². The Morgan fingerprint density at radius 3 is 2.24 bits per heavy atom. The van der Waals surface area contributed by atoms with E-state index in [0.717, 1.165) is 34.5 Å². The quantitative estimate of drug-likeness (QED) is 0.642. The van der Waals surface area contributed by atoms with Crippen molar-refractivity contribution in [3.8, 4) is 16.9 Å². The van der Waals surface area contributed by atoms with Gasteiger partial charge >= 0.3 is 0 Å². The van der Waals surface area contributed by atoms with Crippen LogP contribution in [0.25, 0.3) is 16.9 Å². The summed E-state index contributed by atoms with van der Waals surface area (Å²) in [7, 11) is 0. The minimum Gasteiger partial charge on any atom is -0.313 e. The van der Waals surface area contributed by atoms with Gasteiger partial charge in [0.15, 0.2) is 6.29 Å². The monoisotopic (exact) mass is 275 g/mol. The second kappa shape index (κ2) is 5.41. The Morgan fingerprint density at radius 1 is 0.905 bits per heavy atom. The molecule has 3 aromatic rings. The van der Waals surface area contributed by atoms with E-state index >= 15 is 0 Å². The van der Waals surface area contributed by atoms with Crippen LogP contribution in [0.3, 0.4) is 0 Å². The largest absolute Gasteiger partial charge is 0.313 e. The predicted octanol–water partition coefficient (Wildman–Crippen LogP) is 4.57. The summed E-state index contributed by atoms with van der Waals surface area (Å²) < 4.78 is 2.16. The van der Waals surface area contributed by atoms with Gasteiger partial charge < -0.3 is 4.57 Å². The van der Waals surface area contributed by atoms with E-state index in [1.807, 2.05) is 43.3 Å². The van der Waals surface area contributed by atoms with Crippen LogP contribution in [0.2, 0.25) is 0 Å². The third-order valence-electron chi connectivity index (χ3n) is 3.84. The molecule has 0 aliphatic heterocycles. The van der Waals surface area contributed by atoms with Crippen molar-refractivity contribution in [2.45, 2.75) is 13.8 Å². The van der Waals surface area contributed by atoms with Crippen LogP contribution >= 0.6 is 0 Å². The van der Waals surface area contributed by atoms with E-state index < -0.39 is 0 Å². The lowest BCUT2D eigenvalue weighted by molar-refractivity contribution is 0.112. The summed E-state index contributed by atoms with van der Waals surface area (Å²) in [5.74, 6) is 0. The summed E-state index contributed by atoms with van der Waals surface area (Å²) >= 11 is 0. The van der Waals surface area contributed by atoms with Crippen molar-refractivity contribution < 1.29 is 4.79 Å². The molecule has 104 valence electrons. The first-order chi connectivity index (χ1) is 10.2. The SMILES string of the molecule is Cc1ccccc1-n1c(-c2ccccc2)cc(C=O)c1C. The molecule has 0 amide bonds. The molecule has 0 aliphatic carbocycles. The lowest BCUT2D eigenvalue weighted by Crippen LogP contribution is -2.01. The first-order valence-electron chi connectivity index (χ1n) is 7.01. The van der Waals surface area contributed by atoms with Crippen molar-refractivity contribution >= 4 is 6.29 Å². The summed E-state index contributed by atoms with van der Waals surface area (Å²) in [5, 5.41) is 0. The normalized spacial score (nSPS) is 10.6. The highest BCUT2D eigenvalue weighted by molar-refractivity contribution is 5.82. The number of hydrogen-bond acceptors (Lipinski definition) is 1. The summed E-state index contributed by atoms with van der Waals surface area (Å²) in [6.07, 6.45) is 0.927. The van der Waals surface area contributed by atoms with Crippen LogP contribution < -0.4 is 0 Å². The van der Waals surface area contributed by atoms with Crippen molar-refractivity contribution in [2.24, 2.45) is 0 Å². The molecule has 3 rings (SSSR count). The molecular weight excluding hydrogens is 258 g/mol. The Bertz CT molecular complexity index is 785. The van der Waals surface area contributed by atoms with Crippen LogP contribution in [0.1, 0.15) is 21.6 Å². The molecule has 0 unspecified atom stereocenters. The Balaban J connectivity index is 2.31. The maximum absolute atomic E-state index is 11.3. The maximum atomic E-state index is 11.3. The zero-order valence-corrected chi connectivity index (χ0v) is 12.2. The minimum absolute atomic E-state index is 0.733. The molecule has 0 spiro atoms. The molecule has 2 nitrogen and oxygen atoms in total. The second-order valence-corrected chi connectivity index (χ2v) is 5.18. The number of aldehydes is 1. The second-order valence-electron chi connectivity index (χ2n) is 5.18. The fourth-order valence-corrected chi connectivity index (χ4v) is 2.69. The number of aryl methyl sites for hydroxylation is 1. The van der Waals surface area contributed by atoms with Gasteiger partial charge in [0, 0.05) is 16.9 Å². The molecule has 0 atom stereocenters. The summed E-state index contributed by atoms with van der Waals surface area (Å²) in [4.78, 5) is 11.3. The van der Waals surface area contributed by atoms with Gasteiger partial charge in [-0.2, -0.15) is 0 Å². The summed E-state index contributed by atoms with van der Waals surface area (Å²) in [6, 6.07) is 20.4. The lowest BCUT2D eigenvalue weighted by atomic mass is 10.1. The maximum Gasteiger partial charge on any atom is 0.151 e. The van der Waals surface area contributed by atoms with Gasteiger partial charge in [0.25, 0.3) is 0 Å². The van der Waals surface area contributed by atoms with Crippen LogP contribution in [0.15, 0.2) is 60.7 Å². The van der Waals surface area contributed by atoms with Gasteiger partial charge in [-0.05, 0) is 37.1 Å². The molecule has 1 heterocycles. The van der Waals surface area contributed by atoms with Crippen LogP contribution in [-0.2, 0) is 0 Å². The molecule has 2 heteroatoms. The smallest absolute Gasteiger partial charge is 0.151 e. The van der Waals surface area contributed by atoms with E-state index in [0.29, 0.717) is 0 Å². The molecule has 1 aromatic heterocycles. The Kier molecular flexibility index (Phi) is 3.44. The number of rotatable bonds is 3. The highest BCUT2D eigenvalue weighted by atomic mass is 16.1. The van der Waals surface area contributed by atoms with Gasteiger partial charge in [0.05, 0.1) is 5.69 Å². The summed E-state index contributed by atoms with van der Waals surface area (Å²) in [6.45, 7) is 4.08. The minimum atomic E-state index is 0.733. The van der Waals surface area contributed by atoms with E-state index in [1.54, 1.807) is 0 Å². The number of hydrogen-bond donors (Lipinski definition) is 0. The third-order valence-corrected chi connectivity index (χ3v) is 3.84. The number of para-hydroxylation sites is 1. The lowest BCUT2D eigenvalue weighted by Gasteiger charge is -2.14. The molecule has 2 aromatic carbocycles. The van der Waals surface area contributed by atoms with Gasteiger partial charge in [-0.3, -0.25) is 4.79 Å². The molecule has 0 fully saturated rings. The molecule has 0 bridgehead atoms. The van der Waals surface area contributed by atoms with Crippen molar-refractivity contribution in [3.05, 3.63) is 77.5 Å². The molecule has 0 saturated heterocycles. The van der Waals surface area contributed by atoms with Gasteiger partial charge in [-0.1, -0.05) is 48.5 Å². The zero-order valence-electron chi connectivity index (χ0n) is 12.2. The van der Waals surface area contributed by atoms with Gasteiger partial charge in [-0.15, -0.1) is 0 Å². The van der Waals surface area contributed by atoms with Crippen LogP contribution in [0, 0.1) is 13.8 Å². The van der Waals surface area contributed by atoms with Crippen molar-refractivity contribution in [3.63, 3.8) is 0 Å². The highest BCUT2D eigenvalue weighted by Crippen LogP contribution is 2.29. The van der Waals surface area contributed by atoms with Gasteiger partial charge in [0.2, 0.25) is 0 Å². The number of nitrogens with zero attached hydrogens (tertiary/aromatic N) is 1. The fraction of sp³-hybridized carbons (Fsp3) is 0.105. The van der Waals surface area contributed by atoms with Crippen molar-refractivity contribution in [1.29, 1.82) is 0 Å². The van der Waals surface area contributed by atoms with Crippen LogP contribution in [0.4, 0.5) is 0 Å². The number of aromatic nitrogens is 1. The van der Waals surface area contributed by atoms with E-state index in [2.05, 4.69) is 35.8 Å². The molecule has 0 radical (unpaired) electrons. The fourth-order valence-electron chi connectivity index (χ4n) is 2.69. The first-order valence-corrected chi connectivity index (χ1v) is 7.01. The average molecular weight is 275 g/mol. The van der Waals surface area contributed by atoms with Gasteiger partial charge in [0.1, 0.15) is 0 Å². The van der Waals surface area contributed by atoms with E-state index in [4.69, 9.17) is 0 Å². The molecule has 0 aliphatic rings. The standard InChI is InChI=1S/C19H17NO/c1-14-8-6-7-11-18(14)20-15(2)17(13-21)12-19(20)16-9-4-3-5-10-16/h3-13H,1-2H3. The third kappa shape index (κ3) is 2.29. The molecular formula is C19H17NO. The molecule has 0 saturated carbocycles. The Labute approximate surface area is 124 Å². The predicted molar refractivity (Wildman–Crippen MR) is 86.1 cm³/mol. The average Bonchev–Trinajstić information content (AvgIpc) is 2.85. The van der Waals surface area contributed by atoms with Crippen molar-refractivity contribution in [2.75, 3.05) is 0 Å².